The molecule has 4 N–H and O–H groups in total. The lowest BCUT2D eigenvalue weighted by atomic mass is 10.2. The van der Waals surface area contributed by atoms with Crippen LogP contribution in [0.4, 0.5) is 5.69 Å². The highest BCUT2D eigenvalue weighted by atomic mass is 32.2. The van der Waals surface area contributed by atoms with Crippen LogP contribution in [-0.2, 0) is 16.6 Å². The monoisotopic (exact) mass is 308 g/mol. The summed E-state index contributed by atoms with van der Waals surface area (Å²) in [5, 5.41) is 5.15. The van der Waals surface area contributed by atoms with Gasteiger partial charge in [0.05, 0.1) is 7.11 Å². The highest BCUT2D eigenvalue weighted by Gasteiger charge is 2.15. The summed E-state index contributed by atoms with van der Waals surface area (Å²) in [6.45, 7) is 0.205. The number of nitrogens with two attached hydrogens (primary N) is 2. The zero-order valence-electron chi connectivity index (χ0n) is 11.4. The van der Waals surface area contributed by atoms with Crippen LogP contribution in [0, 0.1) is 0 Å². The van der Waals surface area contributed by atoms with Gasteiger partial charge in [-0.15, -0.1) is 0 Å². The van der Waals surface area contributed by atoms with Crippen LogP contribution in [0.5, 0.6) is 11.5 Å². The molecule has 0 saturated carbocycles. The molecule has 0 radical (unpaired) electrons. The number of nitrogen functional groups attached to an aromatic ring is 1. The summed E-state index contributed by atoms with van der Waals surface area (Å²) in [7, 11) is -2.31. The number of anilines is 1. The van der Waals surface area contributed by atoms with Gasteiger partial charge in [-0.05, 0) is 35.9 Å². The summed E-state index contributed by atoms with van der Waals surface area (Å²) < 4.78 is 33.6. The molecule has 0 saturated heterocycles. The number of benzene rings is 2. The van der Waals surface area contributed by atoms with E-state index in [4.69, 9.17) is 20.3 Å². The van der Waals surface area contributed by atoms with Crippen LogP contribution in [0.3, 0.4) is 0 Å². The fourth-order valence-electron chi connectivity index (χ4n) is 1.75. The van der Waals surface area contributed by atoms with Crippen molar-refractivity contribution in [3.05, 3.63) is 48.0 Å². The predicted octanol–water partition coefficient (Wildman–Crippen LogP) is 1.50. The molecular weight excluding hydrogens is 292 g/mol. The normalized spacial score (nSPS) is 11.1. The van der Waals surface area contributed by atoms with E-state index in [9.17, 15) is 8.42 Å². The summed E-state index contributed by atoms with van der Waals surface area (Å²) >= 11 is 0. The Hall–Kier alpha value is -2.25. The lowest BCUT2D eigenvalue weighted by Gasteiger charge is -2.11. The minimum absolute atomic E-state index is 0.129. The molecule has 0 unspecified atom stereocenters. The van der Waals surface area contributed by atoms with E-state index in [-0.39, 0.29) is 17.3 Å². The lowest BCUT2D eigenvalue weighted by Crippen LogP contribution is -2.14. The Morgan fingerprint density at radius 3 is 2.33 bits per heavy atom. The molecular formula is C14H16N2O4S. The van der Waals surface area contributed by atoms with Gasteiger partial charge in [-0.2, -0.15) is 0 Å². The Bertz CT molecular complexity index is 727. The number of primary sulfonamides is 1. The highest BCUT2D eigenvalue weighted by molar-refractivity contribution is 7.89. The fourth-order valence-corrected chi connectivity index (χ4v) is 2.46. The third-order valence-electron chi connectivity index (χ3n) is 2.83. The molecule has 0 spiro atoms. The maximum Gasteiger partial charge on any atom is 0.241 e. The molecule has 7 heteroatoms. The van der Waals surface area contributed by atoms with Gasteiger partial charge in [0.15, 0.2) is 0 Å². The van der Waals surface area contributed by atoms with Crippen molar-refractivity contribution in [3.63, 3.8) is 0 Å². The third-order valence-corrected chi connectivity index (χ3v) is 3.76. The number of hydrogen-bond acceptors (Lipinski definition) is 5. The van der Waals surface area contributed by atoms with Gasteiger partial charge in [0, 0.05) is 5.69 Å². The van der Waals surface area contributed by atoms with Crippen molar-refractivity contribution < 1.29 is 17.9 Å². The molecule has 2 rings (SSSR count). The molecule has 0 aliphatic rings. The highest BCUT2D eigenvalue weighted by Crippen LogP contribution is 2.26. The zero-order chi connectivity index (χ0) is 15.5. The van der Waals surface area contributed by atoms with E-state index >= 15 is 0 Å². The Balaban J connectivity index is 2.19. The molecule has 0 heterocycles. The zero-order valence-corrected chi connectivity index (χ0v) is 12.3. The molecule has 0 aliphatic heterocycles. The second-order valence-corrected chi connectivity index (χ2v) is 5.92. The SMILES string of the molecule is COc1ccc(COc2ccc(N)cc2S(N)(=O)=O)cc1. The Morgan fingerprint density at radius 1 is 1.10 bits per heavy atom. The summed E-state index contributed by atoms with van der Waals surface area (Å²) in [6.07, 6.45) is 0. The maximum atomic E-state index is 11.5. The molecule has 2 aromatic rings. The van der Waals surface area contributed by atoms with E-state index in [2.05, 4.69) is 0 Å². The largest absolute Gasteiger partial charge is 0.497 e. The predicted molar refractivity (Wildman–Crippen MR) is 79.6 cm³/mol. The Labute approximate surface area is 123 Å². The first-order chi connectivity index (χ1) is 9.90. The van der Waals surface area contributed by atoms with Gasteiger partial charge in [-0.3, -0.25) is 0 Å². The van der Waals surface area contributed by atoms with Crippen molar-refractivity contribution in [2.75, 3.05) is 12.8 Å². The second kappa shape index (κ2) is 6.02. The van der Waals surface area contributed by atoms with Gasteiger partial charge in [-0.1, -0.05) is 12.1 Å². The first-order valence-corrected chi connectivity index (χ1v) is 7.63. The van der Waals surface area contributed by atoms with Crippen LogP contribution in [0.15, 0.2) is 47.4 Å². The number of methoxy groups -OCH3 is 1. The summed E-state index contributed by atoms with van der Waals surface area (Å²) in [5.41, 5.74) is 6.74. The van der Waals surface area contributed by atoms with E-state index < -0.39 is 10.0 Å². The molecule has 6 nitrogen and oxygen atoms in total. The standard InChI is InChI=1S/C14H16N2O4S/c1-19-12-5-2-10(3-6-12)9-20-13-7-4-11(15)8-14(13)21(16,17)18/h2-8H,9,15H2,1H3,(H2,16,17,18). The van der Waals surface area contributed by atoms with Gasteiger partial charge in [0.2, 0.25) is 10.0 Å². The topological polar surface area (TPSA) is 105 Å². The molecule has 0 fully saturated rings. The minimum Gasteiger partial charge on any atom is -0.497 e. The van der Waals surface area contributed by atoms with Gasteiger partial charge in [-0.25, -0.2) is 13.6 Å². The van der Waals surface area contributed by atoms with Crippen LogP contribution >= 0.6 is 0 Å². The molecule has 0 atom stereocenters. The van der Waals surface area contributed by atoms with Crippen LogP contribution in [0.2, 0.25) is 0 Å². The molecule has 0 amide bonds. The van der Waals surface area contributed by atoms with E-state index in [0.717, 1.165) is 11.3 Å². The number of rotatable bonds is 5. The smallest absolute Gasteiger partial charge is 0.241 e. The van der Waals surface area contributed by atoms with E-state index in [0.29, 0.717) is 5.69 Å². The van der Waals surface area contributed by atoms with Gasteiger partial charge >= 0.3 is 0 Å². The summed E-state index contributed by atoms with van der Waals surface area (Å²) in [6, 6.07) is 11.6. The molecule has 2 aromatic carbocycles. The number of hydrogen-bond donors (Lipinski definition) is 2. The third kappa shape index (κ3) is 3.87. The van der Waals surface area contributed by atoms with Crippen molar-refractivity contribution >= 4 is 15.7 Å². The van der Waals surface area contributed by atoms with Gasteiger partial charge in [0.25, 0.3) is 0 Å². The molecule has 112 valence electrons. The van der Waals surface area contributed by atoms with E-state index in [1.165, 1.54) is 12.1 Å². The second-order valence-electron chi connectivity index (χ2n) is 4.39. The average molecular weight is 308 g/mol. The van der Waals surface area contributed by atoms with Crippen LogP contribution in [0.25, 0.3) is 0 Å². The van der Waals surface area contributed by atoms with Gasteiger partial charge < -0.3 is 15.2 Å². The molecule has 0 aromatic heterocycles. The van der Waals surface area contributed by atoms with Crippen LogP contribution in [-0.4, -0.2) is 15.5 Å². The first-order valence-electron chi connectivity index (χ1n) is 6.08. The summed E-state index contributed by atoms with van der Waals surface area (Å²) in [4.78, 5) is -0.129. The minimum atomic E-state index is -3.90. The maximum absolute atomic E-state index is 11.5. The van der Waals surface area contributed by atoms with Crippen molar-refractivity contribution in [1.82, 2.24) is 0 Å². The van der Waals surface area contributed by atoms with Gasteiger partial charge in [0.1, 0.15) is 23.0 Å². The van der Waals surface area contributed by atoms with Crippen molar-refractivity contribution in [2.24, 2.45) is 5.14 Å². The quantitative estimate of drug-likeness (QED) is 0.814. The van der Waals surface area contributed by atoms with Crippen molar-refractivity contribution in [3.8, 4) is 11.5 Å². The Kier molecular flexibility index (Phi) is 4.35. The molecule has 21 heavy (non-hydrogen) atoms. The first kappa shape index (κ1) is 15.1. The van der Waals surface area contributed by atoms with Crippen molar-refractivity contribution in [2.45, 2.75) is 11.5 Å². The van der Waals surface area contributed by atoms with Crippen molar-refractivity contribution in [1.29, 1.82) is 0 Å². The molecule has 0 bridgehead atoms. The Morgan fingerprint density at radius 2 is 1.76 bits per heavy atom. The van der Waals surface area contributed by atoms with Crippen LogP contribution < -0.4 is 20.3 Å². The lowest BCUT2D eigenvalue weighted by molar-refractivity contribution is 0.298. The summed E-state index contributed by atoms with van der Waals surface area (Å²) in [5.74, 6) is 0.902. The van der Waals surface area contributed by atoms with E-state index in [1.54, 1.807) is 25.3 Å². The van der Waals surface area contributed by atoms with Crippen LogP contribution in [0.1, 0.15) is 5.56 Å². The van der Waals surface area contributed by atoms with E-state index in [1.807, 2.05) is 12.1 Å². The number of sulfonamides is 1. The average Bonchev–Trinajstić information content (AvgIpc) is 2.45. The number of ether oxygens (including phenoxy) is 2. The fraction of sp³-hybridized carbons (Fsp3) is 0.143. The molecule has 0 aliphatic carbocycles.